The zero-order chi connectivity index (χ0) is 14.3. The van der Waals surface area contributed by atoms with Gasteiger partial charge < -0.3 is 11.1 Å². The van der Waals surface area contributed by atoms with Crippen molar-refractivity contribution in [2.75, 3.05) is 19.6 Å². The molecule has 0 saturated carbocycles. The summed E-state index contributed by atoms with van der Waals surface area (Å²) in [6, 6.07) is 4.80. The van der Waals surface area contributed by atoms with Crippen molar-refractivity contribution in [1.29, 1.82) is 0 Å². The van der Waals surface area contributed by atoms with Gasteiger partial charge in [0.1, 0.15) is 5.82 Å². The second-order valence-corrected chi connectivity index (χ2v) is 4.43. The van der Waals surface area contributed by atoms with Gasteiger partial charge in [0.05, 0.1) is 6.54 Å². The Morgan fingerprint density at radius 1 is 1.32 bits per heavy atom. The van der Waals surface area contributed by atoms with Crippen LogP contribution in [-0.2, 0) is 17.9 Å². The predicted octanol–water partition coefficient (Wildman–Crippen LogP) is 1.24. The van der Waals surface area contributed by atoms with Crippen molar-refractivity contribution in [3.8, 4) is 0 Å². The molecule has 0 aliphatic heterocycles. The zero-order valence-electron chi connectivity index (χ0n) is 11.6. The number of carbonyl (C=O) groups is 1. The molecule has 3 N–H and O–H groups in total. The standard InChI is InChI=1S/C14H22FN3O/c1-3-17-14(19)10-18(4-2)9-12-5-11(8-16)6-13(15)7-12/h5-7H,3-4,8-10,16H2,1-2H3,(H,17,19). The first-order valence-electron chi connectivity index (χ1n) is 6.56. The highest BCUT2D eigenvalue weighted by molar-refractivity contribution is 5.77. The number of benzene rings is 1. The lowest BCUT2D eigenvalue weighted by molar-refractivity contribution is -0.122. The Morgan fingerprint density at radius 2 is 2.00 bits per heavy atom. The number of rotatable bonds is 7. The topological polar surface area (TPSA) is 58.4 Å². The summed E-state index contributed by atoms with van der Waals surface area (Å²) in [5, 5.41) is 2.76. The van der Waals surface area contributed by atoms with Gasteiger partial charge in [-0.2, -0.15) is 0 Å². The summed E-state index contributed by atoms with van der Waals surface area (Å²) in [6.45, 7) is 6.38. The number of halogens is 1. The molecule has 106 valence electrons. The van der Waals surface area contributed by atoms with Crippen molar-refractivity contribution in [3.05, 3.63) is 35.1 Å². The molecule has 5 heteroatoms. The Kier molecular flexibility index (Phi) is 6.45. The first-order chi connectivity index (χ1) is 9.08. The van der Waals surface area contributed by atoms with E-state index in [1.165, 1.54) is 12.1 Å². The van der Waals surface area contributed by atoms with Crippen LogP contribution >= 0.6 is 0 Å². The van der Waals surface area contributed by atoms with Crippen LogP contribution in [0.1, 0.15) is 25.0 Å². The lowest BCUT2D eigenvalue weighted by atomic mass is 10.1. The summed E-state index contributed by atoms with van der Waals surface area (Å²) in [5.74, 6) is -0.299. The van der Waals surface area contributed by atoms with Crippen molar-refractivity contribution >= 4 is 5.91 Å². The Morgan fingerprint density at radius 3 is 2.58 bits per heavy atom. The molecule has 0 heterocycles. The largest absolute Gasteiger partial charge is 0.355 e. The number of hydrogen-bond acceptors (Lipinski definition) is 3. The number of carbonyl (C=O) groups excluding carboxylic acids is 1. The van der Waals surface area contributed by atoms with E-state index in [1.54, 1.807) is 0 Å². The predicted molar refractivity (Wildman–Crippen MR) is 73.9 cm³/mol. The van der Waals surface area contributed by atoms with E-state index in [0.29, 0.717) is 26.2 Å². The average Bonchev–Trinajstić information content (AvgIpc) is 2.37. The molecule has 1 aromatic rings. The summed E-state index contributed by atoms with van der Waals surface area (Å²) in [5.41, 5.74) is 7.13. The van der Waals surface area contributed by atoms with Gasteiger partial charge in [0.2, 0.25) is 5.91 Å². The quantitative estimate of drug-likeness (QED) is 0.781. The molecule has 1 aromatic carbocycles. The Bertz CT molecular complexity index is 423. The van der Waals surface area contributed by atoms with Crippen LogP contribution in [0.25, 0.3) is 0 Å². The monoisotopic (exact) mass is 267 g/mol. The minimum Gasteiger partial charge on any atom is -0.355 e. The summed E-state index contributed by atoms with van der Waals surface area (Å²) in [7, 11) is 0. The third-order valence-electron chi connectivity index (χ3n) is 2.85. The molecule has 1 amide bonds. The van der Waals surface area contributed by atoms with E-state index in [0.717, 1.165) is 17.7 Å². The molecule has 0 fully saturated rings. The van der Waals surface area contributed by atoms with Gasteiger partial charge in [-0.1, -0.05) is 13.0 Å². The minimum atomic E-state index is -0.285. The van der Waals surface area contributed by atoms with Crippen molar-refractivity contribution in [1.82, 2.24) is 10.2 Å². The summed E-state index contributed by atoms with van der Waals surface area (Å²) in [4.78, 5) is 13.5. The molecule has 19 heavy (non-hydrogen) atoms. The van der Waals surface area contributed by atoms with Crippen LogP contribution in [0.5, 0.6) is 0 Å². The normalized spacial score (nSPS) is 10.8. The van der Waals surface area contributed by atoms with E-state index in [9.17, 15) is 9.18 Å². The van der Waals surface area contributed by atoms with Gasteiger partial charge in [0.15, 0.2) is 0 Å². The van der Waals surface area contributed by atoms with Crippen LogP contribution in [0.3, 0.4) is 0 Å². The van der Waals surface area contributed by atoms with Crippen LogP contribution in [0, 0.1) is 5.82 Å². The number of likely N-dealkylation sites (N-methyl/N-ethyl adjacent to an activating group) is 2. The smallest absolute Gasteiger partial charge is 0.234 e. The number of nitrogens with two attached hydrogens (primary N) is 1. The molecule has 1 rings (SSSR count). The molecule has 0 aliphatic rings. The van der Waals surface area contributed by atoms with Gasteiger partial charge in [-0.15, -0.1) is 0 Å². The Balaban J connectivity index is 2.69. The lowest BCUT2D eigenvalue weighted by Crippen LogP contribution is -2.36. The second-order valence-electron chi connectivity index (χ2n) is 4.43. The van der Waals surface area contributed by atoms with E-state index in [2.05, 4.69) is 5.32 Å². The molecule has 0 spiro atoms. The fraction of sp³-hybridized carbons (Fsp3) is 0.500. The van der Waals surface area contributed by atoms with Gasteiger partial charge in [-0.05, 0) is 36.7 Å². The second kappa shape index (κ2) is 7.86. The molecule has 0 aliphatic carbocycles. The van der Waals surface area contributed by atoms with Crippen molar-refractivity contribution in [2.24, 2.45) is 5.73 Å². The van der Waals surface area contributed by atoms with Gasteiger partial charge in [0, 0.05) is 19.6 Å². The maximum absolute atomic E-state index is 13.4. The molecular formula is C14H22FN3O. The van der Waals surface area contributed by atoms with Gasteiger partial charge in [-0.25, -0.2) is 4.39 Å². The fourth-order valence-electron chi connectivity index (χ4n) is 1.92. The molecule has 0 radical (unpaired) electrons. The minimum absolute atomic E-state index is 0.0141. The number of nitrogens with zero attached hydrogens (tertiary/aromatic N) is 1. The molecule has 0 atom stereocenters. The molecule has 0 aromatic heterocycles. The van der Waals surface area contributed by atoms with Crippen molar-refractivity contribution in [2.45, 2.75) is 26.9 Å². The molecular weight excluding hydrogens is 245 g/mol. The van der Waals surface area contributed by atoms with Gasteiger partial charge >= 0.3 is 0 Å². The number of nitrogens with one attached hydrogen (secondary N) is 1. The van der Waals surface area contributed by atoms with E-state index < -0.39 is 0 Å². The first kappa shape index (κ1) is 15.6. The van der Waals surface area contributed by atoms with E-state index in [4.69, 9.17) is 5.73 Å². The summed E-state index contributed by atoms with van der Waals surface area (Å²) in [6.07, 6.45) is 0. The number of hydrogen-bond donors (Lipinski definition) is 2. The summed E-state index contributed by atoms with van der Waals surface area (Å²) < 4.78 is 13.4. The highest BCUT2D eigenvalue weighted by atomic mass is 19.1. The fourth-order valence-corrected chi connectivity index (χ4v) is 1.92. The molecule has 0 unspecified atom stereocenters. The van der Waals surface area contributed by atoms with E-state index in [-0.39, 0.29) is 11.7 Å². The maximum Gasteiger partial charge on any atom is 0.234 e. The Hall–Kier alpha value is -1.46. The zero-order valence-corrected chi connectivity index (χ0v) is 11.6. The molecule has 4 nitrogen and oxygen atoms in total. The maximum atomic E-state index is 13.4. The van der Waals surface area contributed by atoms with Crippen LogP contribution in [0.15, 0.2) is 18.2 Å². The van der Waals surface area contributed by atoms with Crippen molar-refractivity contribution in [3.63, 3.8) is 0 Å². The highest BCUT2D eigenvalue weighted by Gasteiger charge is 2.10. The Labute approximate surface area is 113 Å². The van der Waals surface area contributed by atoms with Crippen molar-refractivity contribution < 1.29 is 9.18 Å². The molecule has 0 saturated heterocycles. The van der Waals surface area contributed by atoms with E-state index >= 15 is 0 Å². The third kappa shape index (κ3) is 5.36. The molecule has 0 bridgehead atoms. The van der Waals surface area contributed by atoms with Crippen LogP contribution in [0.2, 0.25) is 0 Å². The van der Waals surface area contributed by atoms with Gasteiger partial charge in [0.25, 0.3) is 0 Å². The van der Waals surface area contributed by atoms with Gasteiger partial charge in [-0.3, -0.25) is 9.69 Å². The number of amides is 1. The van der Waals surface area contributed by atoms with Crippen LogP contribution in [-0.4, -0.2) is 30.4 Å². The lowest BCUT2D eigenvalue weighted by Gasteiger charge is -2.20. The van der Waals surface area contributed by atoms with Crippen LogP contribution in [0.4, 0.5) is 4.39 Å². The first-order valence-corrected chi connectivity index (χ1v) is 6.56. The summed E-state index contributed by atoms with van der Waals surface area (Å²) >= 11 is 0. The average molecular weight is 267 g/mol. The van der Waals surface area contributed by atoms with E-state index in [1.807, 2.05) is 24.8 Å². The highest BCUT2D eigenvalue weighted by Crippen LogP contribution is 2.11. The SMILES string of the molecule is CCNC(=O)CN(CC)Cc1cc(F)cc(CN)c1. The van der Waals surface area contributed by atoms with Crippen LogP contribution < -0.4 is 11.1 Å². The third-order valence-corrected chi connectivity index (χ3v) is 2.85.